The summed E-state index contributed by atoms with van der Waals surface area (Å²) in [7, 11) is 1.38. The van der Waals surface area contributed by atoms with Crippen LogP contribution in [0.3, 0.4) is 0 Å². The first-order valence-corrected chi connectivity index (χ1v) is 6.74. The Labute approximate surface area is 123 Å². The third kappa shape index (κ3) is 2.79. The van der Waals surface area contributed by atoms with Gasteiger partial charge in [0.15, 0.2) is 0 Å². The van der Waals surface area contributed by atoms with E-state index in [0.717, 1.165) is 29.9 Å². The van der Waals surface area contributed by atoms with E-state index in [-0.39, 0.29) is 5.97 Å². The standard InChI is InChI=1S/C17H15NO3/c1-20-17(19)15(13-4-7-18-8-5-13)11-12-2-3-16-14(10-12)6-9-21-16/h2-5,7-8,10-11H,6,9H2,1H3. The Kier molecular flexibility index (Phi) is 3.69. The lowest BCUT2D eigenvalue weighted by Crippen LogP contribution is -2.04. The van der Waals surface area contributed by atoms with Gasteiger partial charge in [-0.25, -0.2) is 4.79 Å². The molecule has 4 nitrogen and oxygen atoms in total. The highest BCUT2D eigenvalue weighted by atomic mass is 16.5. The van der Waals surface area contributed by atoms with E-state index in [9.17, 15) is 4.79 Å². The predicted octanol–water partition coefficient (Wildman–Crippen LogP) is 2.73. The third-order valence-corrected chi connectivity index (χ3v) is 3.42. The minimum absolute atomic E-state index is 0.363. The Morgan fingerprint density at radius 3 is 2.86 bits per heavy atom. The lowest BCUT2D eigenvalue weighted by Gasteiger charge is -2.06. The Hall–Kier alpha value is -2.62. The predicted molar refractivity (Wildman–Crippen MR) is 79.8 cm³/mol. The number of methoxy groups -OCH3 is 1. The lowest BCUT2D eigenvalue weighted by molar-refractivity contribution is -0.133. The fourth-order valence-electron chi connectivity index (χ4n) is 2.36. The molecule has 4 heteroatoms. The zero-order chi connectivity index (χ0) is 14.7. The molecule has 0 unspecified atom stereocenters. The molecule has 1 aromatic carbocycles. The van der Waals surface area contributed by atoms with E-state index < -0.39 is 0 Å². The van der Waals surface area contributed by atoms with Gasteiger partial charge >= 0.3 is 5.97 Å². The highest BCUT2D eigenvalue weighted by Gasteiger charge is 2.15. The number of fused-ring (bicyclic) bond motifs is 1. The van der Waals surface area contributed by atoms with Crippen LogP contribution in [0.4, 0.5) is 0 Å². The minimum atomic E-state index is -0.363. The van der Waals surface area contributed by atoms with Gasteiger partial charge in [0.05, 0.1) is 19.3 Å². The summed E-state index contributed by atoms with van der Waals surface area (Å²) in [5, 5.41) is 0. The van der Waals surface area contributed by atoms with Gasteiger partial charge < -0.3 is 9.47 Å². The fourth-order valence-corrected chi connectivity index (χ4v) is 2.36. The number of ether oxygens (including phenoxy) is 2. The highest BCUT2D eigenvalue weighted by molar-refractivity contribution is 6.21. The van der Waals surface area contributed by atoms with E-state index in [0.29, 0.717) is 5.57 Å². The maximum Gasteiger partial charge on any atom is 0.338 e. The van der Waals surface area contributed by atoms with Gasteiger partial charge in [0.1, 0.15) is 5.75 Å². The van der Waals surface area contributed by atoms with Crippen LogP contribution in [0.5, 0.6) is 5.75 Å². The van der Waals surface area contributed by atoms with Crippen LogP contribution in [-0.4, -0.2) is 24.7 Å². The summed E-state index contributed by atoms with van der Waals surface area (Å²) in [6.45, 7) is 0.719. The number of carbonyl (C=O) groups is 1. The van der Waals surface area contributed by atoms with E-state index in [2.05, 4.69) is 4.98 Å². The van der Waals surface area contributed by atoms with E-state index in [1.54, 1.807) is 24.5 Å². The second-order valence-electron chi connectivity index (χ2n) is 4.75. The Morgan fingerprint density at radius 1 is 1.29 bits per heavy atom. The molecular weight excluding hydrogens is 266 g/mol. The Morgan fingerprint density at radius 2 is 2.10 bits per heavy atom. The molecule has 0 aliphatic carbocycles. The van der Waals surface area contributed by atoms with E-state index in [1.165, 1.54) is 12.7 Å². The number of rotatable bonds is 3. The molecule has 1 aliphatic rings. The maximum absolute atomic E-state index is 12.0. The van der Waals surface area contributed by atoms with Crippen molar-refractivity contribution in [2.24, 2.45) is 0 Å². The van der Waals surface area contributed by atoms with Crippen LogP contribution in [-0.2, 0) is 16.0 Å². The molecule has 3 rings (SSSR count). The summed E-state index contributed by atoms with van der Waals surface area (Å²) in [5.41, 5.74) is 3.42. The van der Waals surface area contributed by atoms with Crippen molar-refractivity contribution in [1.29, 1.82) is 0 Å². The first-order chi connectivity index (χ1) is 10.3. The number of esters is 1. The quantitative estimate of drug-likeness (QED) is 0.641. The summed E-state index contributed by atoms with van der Waals surface area (Å²) in [6, 6.07) is 9.51. The molecule has 0 fully saturated rings. The van der Waals surface area contributed by atoms with Crippen molar-refractivity contribution in [3.8, 4) is 5.75 Å². The van der Waals surface area contributed by atoms with Gasteiger partial charge in [-0.15, -0.1) is 0 Å². The average molecular weight is 281 g/mol. The number of benzene rings is 1. The molecule has 0 radical (unpaired) electrons. The van der Waals surface area contributed by atoms with Crippen molar-refractivity contribution in [1.82, 2.24) is 4.98 Å². The van der Waals surface area contributed by atoms with Gasteiger partial charge in [-0.05, 0) is 47.0 Å². The van der Waals surface area contributed by atoms with Crippen molar-refractivity contribution >= 4 is 17.6 Å². The molecule has 21 heavy (non-hydrogen) atoms. The van der Waals surface area contributed by atoms with Gasteiger partial charge in [-0.2, -0.15) is 0 Å². The number of pyridine rings is 1. The second kappa shape index (κ2) is 5.79. The van der Waals surface area contributed by atoms with E-state index >= 15 is 0 Å². The molecule has 0 bridgehead atoms. The maximum atomic E-state index is 12.0. The first-order valence-electron chi connectivity index (χ1n) is 6.74. The molecule has 1 aromatic heterocycles. The van der Waals surface area contributed by atoms with Gasteiger partial charge in [-0.3, -0.25) is 4.98 Å². The van der Waals surface area contributed by atoms with Crippen molar-refractivity contribution in [2.75, 3.05) is 13.7 Å². The smallest absolute Gasteiger partial charge is 0.338 e. The zero-order valence-electron chi connectivity index (χ0n) is 11.7. The number of nitrogens with zero attached hydrogens (tertiary/aromatic N) is 1. The molecule has 106 valence electrons. The van der Waals surface area contributed by atoms with E-state index in [1.807, 2.05) is 24.3 Å². The Bertz CT molecular complexity index is 692. The number of hydrogen-bond acceptors (Lipinski definition) is 4. The average Bonchev–Trinajstić information content (AvgIpc) is 3.00. The first kappa shape index (κ1) is 13.4. The molecule has 0 N–H and O–H groups in total. The second-order valence-corrected chi connectivity index (χ2v) is 4.75. The molecular formula is C17H15NO3. The van der Waals surface area contributed by atoms with Gasteiger partial charge in [-0.1, -0.05) is 6.07 Å². The minimum Gasteiger partial charge on any atom is -0.493 e. The van der Waals surface area contributed by atoms with Crippen LogP contribution < -0.4 is 4.74 Å². The van der Waals surface area contributed by atoms with Crippen molar-refractivity contribution in [3.05, 3.63) is 59.4 Å². The van der Waals surface area contributed by atoms with Gasteiger partial charge in [0, 0.05) is 18.8 Å². The molecule has 0 saturated carbocycles. The normalized spacial score (nSPS) is 13.5. The van der Waals surface area contributed by atoms with Crippen molar-refractivity contribution in [2.45, 2.75) is 6.42 Å². The number of aromatic nitrogens is 1. The zero-order valence-corrected chi connectivity index (χ0v) is 11.7. The summed E-state index contributed by atoms with van der Waals surface area (Å²) in [6.07, 6.45) is 6.05. The molecule has 0 amide bonds. The molecule has 0 atom stereocenters. The topological polar surface area (TPSA) is 48.4 Å². The molecule has 0 spiro atoms. The lowest BCUT2D eigenvalue weighted by atomic mass is 10.0. The van der Waals surface area contributed by atoms with Crippen LogP contribution in [0, 0.1) is 0 Å². The molecule has 0 saturated heterocycles. The molecule has 2 heterocycles. The molecule has 1 aliphatic heterocycles. The largest absolute Gasteiger partial charge is 0.493 e. The van der Waals surface area contributed by atoms with Crippen LogP contribution in [0.1, 0.15) is 16.7 Å². The third-order valence-electron chi connectivity index (χ3n) is 3.42. The van der Waals surface area contributed by atoms with Gasteiger partial charge in [0.25, 0.3) is 0 Å². The van der Waals surface area contributed by atoms with Crippen LogP contribution in [0.2, 0.25) is 0 Å². The number of carbonyl (C=O) groups excluding carboxylic acids is 1. The van der Waals surface area contributed by atoms with Crippen LogP contribution in [0.25, 0.3) is 11.6 Å². The van der Waals surface area contributed by atoms with E-state index in [4.69, 9.17) is 9.47 Å². The Balaban J connectivity index is 2.02. The summed E-state index contributed by atoms with van der Waals surface area (Å²) >= 11 is 0. The SMILES string of the molecule is COC(=O)C(=Cc1ccc2c(c1)CCO2)c1ccncc1. The summed E-state index contributed by atoms with van der Waals surface area (Å²) in [4.78, 5) is 16.0. The number of hydrogen-bond donors (Lipinski definition) is 0. The molecule has 2 aromatic rings. The van der Waals surface area contributed by atoms with Gasteiger partial charge in [0.2, 0.25) is 0 Å². The highest BCUT2D eigenvalue weighted by Crippen LogP contribution is 2.28. The van der Waals surface area contributed by atoms with Crippen molar-refractivity contribution in [3.63, 3.8) is 0 Å². The summed E-state index contributed by atoms with van der Waals surface area (Å²) < 4.78 is 10.4. The fraction of sp³-hybridized carbons (Fsp3) is 0.176. The van der Waals surface area contributed by atoms with Crippen molar-refractivity contribution < 1.29 is 14.3 Å². The van der Waals surface area contributed by atoms with Crippen LogP contribution in [0.15, 0.2) is 42.7 Å². The van der Waals surface area contributed by atoms with Crippen LogP contribution >= 0.6 is 0 Å². The summed E-state index contributed by atoms with van der Waals surface area (Å²) in [5.74, 6) is 0.564. The monoisotopic (exact) mass is 281 g/mol.